The number of methoxy groups -OCH3 is 1. The maximum absolute atomic E-state index is 11.8. The second-order valence-corrected chi connectivity index (χ2v) is 8.59. The van der Waals surface area contributed by atoms with Crippen LogP contribution in [0, 0.1) is 0 Å². The van der Waals surface area contributed by atoms with Crippen molar-refractivity contribution < 1.29 is 9.53 Å². The topological polar surface area (TPSA) is 69.5 Å². The van der Waals surface area contributed by atoms with E-state index >= 15 is 0 Å². The van der Waals surface area contributed by atoms with Gasteiger partial charge in [0.1, 0.15) is 11.4 Å². The number of likely N-dealkylation sites (N-methyl/N-ethyl adjacent to an activating group) is 1. The number of benzene rings is 2. The molecule has 1 N–H and O–H groups in total. The van der Waals surface area contributed by atoms with Gasteiger partial charge >= 0.3 is 0 Å². The van der Waals surface area contributed by atoms with Crippen LogP contribution in [0.25, 0.3) is 5.57 Å². The van der Waals surface area contributed by atoms with Crippen LogP contribution in [0.15, 0.2) is 95.1 Å². The van der Waals surface area contributed by atoms with E-state index in [0.29, 0.717) is 11.4 Å². The van der Waals surface area contributed by atoms with Gasteiger partial charge in [-0.25, -0.2) is 4.99 Å². The Kier molecular flexibility index (Phi) is 7.92. The number of ether oxygens (including phenoxy) is 1. The van der Waals surface area contributed by atoms with E-state index in [2.05, 4.69) is 46.5 Å². The highest BCUT2D eigenvalue weighted by Crippen LogP contribution is 2.36. The van der Waals surface area contributed by atoms with Gasteiger partial charge < -0.3 is 19.9 Å². The third kappa shape index (κ3) is 5.70. The van der Waals surface area contributed by atoms with Crippen LogP contribution in [0.1, 0.15) is 5.56 Å². The van der Waals surface area contributed by atoms with Crippen molar-refractivity contribution in [2.45, 2.75) is 0 Å². The highest BCUT2D eigenvalue weighted by Gasteiger charge is 2.19. The predicted octanol–water partition coefficient (Wildman–Crippen LogP) is 4.88. The molecule has 0 aromatic heterocycles. The molecule has 7 nitrogen and oxygen atoms in total. The van der Waals surface area contributed by atoms with Crippen molar-refractivity contribution in [2.75, 3.05) is 50.6 Å². The Labute approximate surface area is 212 Å². The quantitative estimate of drug-likeness (QED) is 0.452. The van der Waals surface area contributed by atoms with Gasteiger partial charge in [-0.3, -0.25) is 9.79 Å². The number of carbonyl (C=O) groups is 1. The zero-order valence-corrected chi connectivity index (χ0v) is 20.8. The molecule has 2 aromatic rings. The smallest absolute Gasteiger partial charge is 0.247 e. The summed E-state index contributed by atoms with van der Waals surface area (Å²) in [5, 5.41) is 2.82. The minimum absolute atomic E-state index is 0.264. The van der Waals surface area contributed by atoms with Crippen LogP contribution in [-0.4, -0.2) is 63.6 Å². The molecule has 2 aliphatic rings. The van der Waals surface area contributed by atoms with E-state index in [-0.39, 0.29) is 5.91 Å². The van der Waals surface area contributed by atoms with Gasteiger partial charge in [0.15, 0.2) is 0 Å². The highest BCUT2D eigenvalue weighted by molar-refractivity contribution is 6.34. The average molecular weight is 482 g/mol. The van der Waals surface area contributed by atoms with Crippen LogP contribution in [0.4, 0.5) is 17.1 Å². The summed E-state index contributed by atoms with van der Waals surface area (Å²) in [6.45, 7) is 11.2. The van der Waals surface area contributed by atoms with Crippen LogP contribution in [0.3, 0.4) is 0 Å². The van der Waals surface area contributed by atoms with Crippen LogP contribution in [0.2, 0.25) is 0 Å². The molecule has 36 heavy (non-hydrogen) atoms. The van der Waals surface area contributed by atoms with E-state index < -0.39 is 0 Å². The minimum atomic E-state index is -0.264. The Hall–Kier alpha value is -4.23. The standard InChI is InChI=1S/C29H31N5O2/c1-5-28(35)31-23-10-6-8-21(18-23)25-11-7-9-22(20-30-2)29(25)32-26-13-12-24(19-27(26)36-4)34-16-14-33(3)15-17-34/h5-13,18-20H,1-2,14-17H2,3-4H3,(H,31,35)/b22-20-,32-29?. The van der Waals surface area contributed by atoms with E-state index in [1.807, 2.05) is 54.6 Å². The summed E-state index contributed by atoms with van der Waals surface area (Å²) in [5.41, 5.74) is 5.88. The third-order valence-corrected chi connectivity index (χ3v) is 6.19. The highest BCUT2D eigenvalue weighted by atomic mass is 16.5. The Morgan fingerprint density at radius 2 is 1.94 bits per heavy atom. The number of hydrogen-bond donors (Lipinski definition) is 1. The minimum Gasteiger partial charge on any atom is -0.494 e. The number of nitrogens with one attached hydrogen (secondary N) is 1. The summed E-state index contributed by atoms with van der Waals surface area (Å²) in [6, 6.07) is 13.8. The number of carbonyl (C=O) groups excluding carboxylic acids is 1. The first-order valence-electron chi connectivity index (χ1n) is 11.8. The van der Waals surface area contributed by atoms with E-state index in [1.165, 1.54) is 6.08 Å². The Balaban J connectivity index is 1.73. The number of rotatable bonds is 7. The number of nitrogens with zero attached hydrogens (tertiary/aromatic N) is 4. The molecule has 2 aromatic carbocycles. The lowest BCUT2D eigenvalue weighted by molar-refractivity contribution is -0.111. The number of aliphatic imine (C=N–C) groups is 2. The van der Waals surface area contributed by atoms with Crippen LogP contribution >= 0.6 is 0 Å². The monoisotopic (exact) mass is 481 g/mol. The second kappa shape index (κ2) is 11.5. The van der Waals surface area contributed by atoms with E-state index in [0.717, 1.165) is 60.0 Å². The number of anilines is 2. The van der Waals surface area contributed by atoms with Gasteiger partial charge in [0.25, 0.3) is 0 Å². The Morgan fingerprint density at radius 3 is 2.67 bits per heavy atom. The van der Waals surface area contributed by atoms with Gasteiger partial charge in [0.2, 0.25) is 5.91 Å². The molecule has 1 fully saturated rings. The van der Waals surface area contributed by atoms with Crippen molar-refractivity contribution in [3.05, 3.63) is 90.7 Å². The number of hydrogen-bond acceptors (Lipinski definition) is 6. The van der Waals surface area contributed by atoms with E-state index in [1.54, 1.807) is 13.3 Å². The molecule has 1 aliphatic heterocycles. The summed E-state index contributed by atoms with van der Waals surface area (Å²) in [6.07, 6.45) is 8.84. The molecule has 0 radical (unpaired) electrons. The summed E-state index contributed by atoms with van der Waals surface area (Å²) in [4.78, 5) is 25.5. The first-order chi connectivity index (χ1) is 17.5. The Morgan fingerprint density at radius 1 is 1.14 bits per heavy atom. The predicted molar refractivity (Wildman–Crippen MR) is 150 cm³/mol. The molecule has 184 valence electrons. The molecule has 0 spiro atoms. The molecule has 1 heterocycles. The van der Waals surface area contributed by atoms with Gasteiger partial charge in [-0.05, 0) is 49.7 Å². The first kappa shape index (κ1) is 24.9. The zero-order valence-electron chi connectivity index (χ0n) is 20.8. The largest absolute Gasteiger partial charge is 0.494 e. The lowest BCUT2D eigenvalue weighted by Crippen LogP contribution is -2.44. The molecule has 7 heteroatoms. The van der Waals surface area contributed by atoms with Gasteiger partial charge in [0.05, 0.1) is 12.8 Å². The van der Waals surface area contributed by atoms with Crippen molar-refractivity contribution in [1.29, 1.82) is 0 Å². The maximum Gasteiger partial charge on any atom is 0.247 e. The van der Waals surface area contributed by atoms with Crippen molar-refractivity contribution in [3.8, 4) is 5.75 Å². The van der Waals surface area contributed by atoms with Gasteiger partial charge in [-0.15, -0.1) is 0 Å². The van der Waals surface area contributed by atoms with E-state index in [4.69, 9.17) is 9.73 Å². The molecule has 1 amide bonds. The number of allylic oxidation sites excluding steroid dienone is 5. The lowest BCUT2D eigenvalue weighted by atomic mass is 9.91. The average Bonchev–Trinajstić information content (AvgIpc) is 2.90. The molecule has 1 saturated heterocycles. The molecule has 0 atom stereocenters. The molecular weight excluding hydrogens is 450 g/mol. The summed E-state index contributed by atoms with van der Waals surface area (Å²) >= 11 is 0. The van der Waals surface area contributed by atoms with Crippen LogP contribution < -0.4 is 15.0 Å². The Bertz CT molecular complexity index is 1280. The van der Waals surface area contributed by atoms with Crippen LogP contribution in [-0.2, 0) is 4.79 Å². The van der Waals surface area contributed by atoms with Crippen molar-refractivity contribution >= 4 is 41.0 Å². The number of piperazine rings is 1. The third-order valence-electron chi connectivity index (χ3n) is 6.19. The van der Waals surface area contributed by atoms with Crippen LogP contribution in [0.5, 0.6) is 5.75 Å². The summed E-state index contributed by atoms with van der Waals surface area (Å²) in [7, 11) is 3.81. The van der Waals surface area contributed by atoms with Gasteiger partial charge in [-0.1, -0.05) is 36.9 Å². The maximum atomic E-state index is 11.8. The lowest BCUT2D eigenvalue weighted by Gasteiger charge is -2.34. The van der Waals surface area contributed by atoms with Crippen molar-refractivity contribution in [2.24, 2.45) is 9.98 Å². The molecule has 4 rings (SSSR count). The van der Waals surface area contributed by atoms with Crippen molar-refractivity contribution in [3.63, 3.8) is 0 Å². The van der Waals surface area contributed by atoms with E-state index in [9.17, 15) is 4.79 Å². The van der Waals surface area contributed by atoms with Gasteiger partial charge in [-0.2, -0.15) is 0 Å². The normalized spacial score (nSPS) is 18.2. The first-order valence-corrected chi connectivity index (χ1v) is 11.8. The summed E-state index contributed by atoms with van der Waals surface area (Å²) < 4.78 is 5.76. The zero-order chi connectivity index (χ0) is 25.5. The SMILES string of the molecule is C=CC(=O)Nc1cccc(C2=CC=C/C(=C/N=C)C2=Nc2ccc(N3CCN(C)CC3)cc2OC)c1. The van der Waals surface area contributed by atoms with Crippen molar-refractivity contribution in [1.82, 2.24) is 4.90 Å². The number of amides is 1. The van der Waals surface area contributed by atoms with Gasteiger partial charge in [0, 0.05) is 61.0 Å². The fourth-order valence-electron chi connectivity index (χ4n) is 4.22. The molecular formula is C29H31N5O2. The second-order valence-electron chi connectivity index (χ2n) is 8.59. The molecule has 1 aliphatic carbocycles. The molecule has 0 bridgehead atoms. The molecule has 0 saturated carbocycles. The summed E-state index contributed by atoms with van der Waals surface area (Å²) in [5.74, 6) is 0.436. The fraction of sp³-hybridized carbons (Fsp3) is 0.207. The fourth-order valence-corrected chi connectivity index (χ4v) is 4.22. The molecule has 0 unspecified atom stereocenters.